The molecule has 3 rings (SSSR count). The van der Waals surface area contributed by atoms with Crippen LogP contribution in [0.1, 0.15) is 41.5 Å². The van der Waals surface area contributed by atoms with Crippen molar-refractivity contribution in [2.45, 2.75) is 42.6 Å². The van der Waals surface area contributed by atoms with Crippen LogP contribution in [0.5, 0.6) is 0 Å². The molecule has 0 aliphatic heterocycles. The van der Waals surface area contributed by atoms with Gasteiger partial charge >= 0.3 is 12.4 Å². The van der Waals surface area contributed by atoms with Crippen LogP contribution < -0.4 is 5.32 Å². The van der Waals surface area contributed by atoms with Gasteiger partial charge in [0.2, 0.25) is 5.60 Å². The van der Waals surface area contributed by atoms with Crippen molar-refractivity contribution in [1.29, 1.82) is 5.26 Å². The molecule has 1 aliphatic rings. The minimum absolute atomic E-state index is 0.0773. The van der Waals surface area contributed by atoms with Crippen molar-refractivity contribution in [3.8, 4) is 17.9 Å². The predicted molar refractivity (Wildman–Crippen MR) is 118 cm³/mol. The number of carbonyl (C=O) groups excluding carboxylic acids is 1. The first-order valence-corrected chi connectivity index (χ1v) is 10.7. The summed E-state index contributed by atoms with van der Waals surface area (Å²) in [7, 11) is 0. The van der Waals surface area contributed by atoms with Crippen LogP contribution >= 0.6 is 0 Å². The molecule has 0 bridgehead atoms. The monoisotopic (exact) mass is 539 g/mol. The summed E-state index contributed by atoms with van der Waals surface area (Å²) in [4.78, 5) is 15.5. The molecule has 0 heterocycles. The lowest BCUT2D eigenvalue weighted by Gasteiger charge is -2.28. The predicted octanol–water partition coefficient (Wildman–Crippen LogP) is 5.84. The van der Waals surface area contributed by atoms with E-state index in [9.17, 15) is 40.6 Å². The number of amides is 1. The first-order valence-electron chi connectivity index (χ1n) is 10.7. The van der Waals surface area contributed by atoms with E-state index in [1.807, 2.05) is 0 Å². The van der Waals surface area contributed by atoms with Gasteiger partial charge in [0, 0.05) is 22.4 Å². The molecule has 7 nitrogen and oxygen atoms in total. The summed E-state index contributed by atoms with van der Waals surface area (Å²) >= 11 is 0. The molecule has 38 heavy (non-hydrogen) atoms. The average Bonchev–Trinajstić information content (AvgIpc) is 3.60. The Morgan fingerprint density at radius 3 is 2.37 bits per heavy atom. The highest BCUT2D eigenvalue weighted by Gasteiger charge is 2.54. The van der Waals surface area contributed by atoms with E-state index in [0.29, 0.717) is 24.3 Å². The Bertz CT molecular complexity index is 1410. The highest BCUT2D eigenvalue weighted by atomic mass is 19.4. The maximum absolute atomic E-state index is 14.6. The standard InChI is InChI=1S/C24H16F7N5O2/c25-19-5-3-15(23(26,27)28)10-18(19)21(7-8-21)13-22(38,6-1-9-34-36-33)20(37)35-16-4-2-14(12-32)17(11-16)24(29,30)31/h2-5,10-11,38H,7-9,13H2,(H,35,37). The first kappa shape index (κ1) is 28.3. The Morgan fingerprint density at radius 2 is 1.82 bits per heavy atom. The number of nitrogens with zero attached hydrogens (tertiary/aromatic N) is 4. The van der Waals surface area contributed by atoms with Crippen LogP contribution in [0.3, 0.4) is 0 Å². The fourth-order valence-electron chi connectivity index (χ4n) is 3.91. The molecule has 198 valence electrons. The number of alkyl halides is 6. The Morgan fingerprint density at radius 1 is 1.13 bits per heavy atom. The quantitative estimate of drug-likeness (QED) is 0.158. The summed E-state index contributed by atoms with van der Waals surface area (Å²) in [6.07, 6.45) is -10.3. The van der Waals surface area contributed by atoms with E-state index in [1.165, 1.54) is 6.07 Å². The number of hydrogen-bond acceptors (Lipinski definition) is 4. The van der Waals surface area contributed by atoms with E-state index in [0.717, 1.165) is 12.1 Å². The van der Waals surface area contributed by atoms with Gasteiger partial charge in [-0.2, -0.15) is 31.6 Å². The van der Waals surface area contributed by atoms with Gasteiger partial charge in [0.15, 0.2) is 0 Å². The Kier molecular flexibility index (Phi) is 7.63. The molecule has 1 atom stereocenters. The summed E-state index contributed by atoms with van der Waals surface area (Å²) in [6.45, 7) is -0.522. The van der Waals surface area contributed by atoms with E-state index in [-0.39, 0.29) is 12.8 Å². The minimum atomic E-state index is -4.95. The molecule has 0 spiro atoms. The van der Waals surface area contributed by atoms with Gasteiger partial charge < -0.3 is 10.4 Å². The topological polar surface area (TPSA) is 122 Å². The fraction of sp³-hybridized carbons (Fsp3) is 0.333. The van der Waals surface area contributed by atoms with Crippen molar-refractivity contribution in [1.82, 2.24) is 0 Å². The molecular weight excluding hydrogens is 523 g/mol. The van der Waals surface area contributed by atoms with Crippen LogP contribution in [0.2, 0.25) is 0 Å². The number of halogens is 7. The molecule has 0 saturated heterocycles. The second-order valence-corrected chi connectivity index (χ2v) is 8.52. The summed E-state index contributed by atoms with van der Waals surface area (Å²) in [5.41, 5.74) is 0.108. The fourth-order valence-corrected chi connectivity index (χ4v) is 3.91. The number of rotatable bonds is 6. The van der Waals surface area contributed by atoms with Crippen molar-refractivity contribution in [2.75, 3.05) is 11.9 Å². The number of nitrogens with one attached hydrogen (secondary N) is 1. The van der Waals surface area contributed by atoms with Crippen LogP contribution in [-0.4, -0.2) is 23.2 Å². The third-order valence-electron chi connectivity index (χ3n) is 5.90. The molecule has 0 aromatic heterocycles. The Hall–Kier alpha value is -4.26. The molecule has 0 radical (unpaired) electrons. The van der Waals surface area contributed by atoms with Gasteiger partial charge in [-0.3, -0.25) is 4.79 Å². The molecule has 14 heteroatoms. The number of nitriles is 1. The lowest BCUT2D eigenvalue weighted by Crippen LogP contribution is -2.44. The molecule has 1 amide bonds. The summed E-state index contributed by atoms with van der Waals surface area (Å²) in [6, 6.07) is 5.32. The molecule has 2 aromatic carbocycles. The summed E-state index contributed by atoms with van der Waals surface area (Å²) in [5, 5.41) is 25.3. The SMILES string of the molecule is N#Cc1ccc(NC(=O)C(O)(C#CCN=[N+]=[N-])CC2(c3cc(C(F)(F)F)ccc3F)CC2)cc1C(F)(F)F. The van der Waals surface area contributed by atoms with Crippen molar-refractivity contribution < 1.29 is 40.6 Å². The van der Waals surface area contributed by atoms with Gasteiger partial charge in [-0.05, 0) is 60.3 Å². The number of hydrogen-bond donors (Lipinski definition) is 2. The normalized spacial score (nSPS) is 15.7. The summed E-state index contributed by atoms with van der Waals surface area (Å²) < 4.78 is 94.2. The molecule has 1 unspecified atom stereocenters. The zero-order chi connectivity index (χ0) is 28.4. The van der Waals surface area contributed by atoms with Crippen molar-refractivity contribution in [3.63, 3.8) is 0 Å². The van der Waals surface area contributed by atoms with E-state index in [4.69, 9.17) is 10.8 Å². The van der Waals surface area contributed by atoms with Gasteiger partial charge in [0.05, 0.1) is 29.3 Å². The lowest BCUT2D eigenvalue weighted by molar-refractivity contribution is -0.138. The molecule has 1 saturated carbocycles. The zero-order valence-corrected chi connectivity index (χ0v) is 19.1. The minimum Gasteiger partial charge on any atom is -0.369 e. The number of aliphatic hydroxyl groups is 1. The third kappa shape index (κ3) is 6.17. The van der Waals surface area contributed by atoms with E-state index in [2.05, 4.69) is 27.2 Å². The summed E-state index contributed by atoms with van der Waals surface area (Å²) in [5.74, 6) is 2.01. The van der Waals surface area contributed by atoms with E-state index >= 15 is 0 Å². The smallest absolute Gasteiger partial charge is 0.369 e. The van der Waals surface area contributed by atoms with Gasteiger partial charge in [-0.15, -0.1) is 0 Å². The van der Waals surface area contributed by atoms with Crippen LogP contribution in [0.25, 0.3) is 10.4 Å². The van der Waals surface area contributed by atoms with Crippen molar-refractivity contribution in [2.24, 2.45) is 5.11 Å². The van der Waals surface area contributed by atoms with Crippen LogP contribution in [-0.2, 0) is 22.6 Å². The second kappa shape index (κ2) is 10.2. The Labute approximate surface area is 210 Å². The molecule has 2 aromatic rings. The maximum Gasteiger partial charge on any atom is 0.417 e. The van der Waals surface area contributed by atoms with Gasteiger partial charge in [-0.25, -0.2) is 4.39 Å². The highest BCUT2D eigenvalue weighted by molar-refractivity contribution is 6.00. The molecule has 1 fully saturated rings. The lowest BCUT2D eigenvalue weighted by atomic mass is 9.82. The van der Waals surface area contributed by atoms with Gasteiger partial charge in [0.1, 0.15) is 5.82 Å². The maximum atomic E-state index is 14.6. The zero-order valence-electron chi connectivity index (χ0n) is 19.1. The van der Waals surface area contributed by atoms with Gasteiger partial charge in [-0.1, -0.05) is 17.0 Å². The molecular formula is C24H16F7N5O2. The number of anilines is 1. The van der Waals surface area contributed by atoms with E-state index < -0.39 is 76.0 Å². The largest absolute Gasteiger partial charge is 0.417 e. The van der Waals surface area contributed by atoms with Crippen molar-refractivity contribution >= 4 is 11.6 Å². The third-order valence-corrected chi connectivity index (χ3v) is 5.90. The number of azide groups is 1. The molecule has 1 aliphatic carbocycles. The van der Waals surface area contributed by atoms with E-state index in [1.54, 1.807) is 0 Å². The van der Waals surface area contributed by atoms with Crippen LogP contribution in [0.4, 0.5) is 36.4 Å². The first-order chi connectivity index (χ1) is 17.6. The Balaban J connectivity index is 2.01. The molecule has 2 N–H and O–H groups in total. The second-order valence-electron chi connectivity index (χ2n) is 8.52. The van der Waals surface area contributed by atoms with Crippen molar-refractivity contribution in [3.05, 3.63) is 74.9 Å². The highest BCUT2D eigenvalue weighted by Crippen LogP contribution is 2.55. The average molecular weight is 539 g/mol. The van der Waals surface area contributed by atoms with Crippen LogP contribution in [0.15, 0.2) is 41.5 Å². The van der Waals surface area contributed by atoms with Gasteiger partial charge in [0.25, 0.3) is 5.91 Å². The van der Waals surface area contributed by atoms with Crippen LogP contribution in [0, 0.1) is 29.0 Å². The number of benzene rings is 2. The number of carbonyl (C=O) groups is 1.